The largest absolute Gasteiger partial charge is 0.0625 e. The number of rotatable bonds is 2. The predicted molar refractivity (Wildman–Crippen MR) is 68.9 cm³/mol. The van der Waals surface area contributed by atoms with Gasteiger partial charge in [-0.15, -0.1) is 0 Å². The second-order valence-corrected chi connectivity index (χ2v) is 7.07. The van der Waals surface area contributed by atoms with Crippen molar-refractivity contribution in [3.05, 3.63) is 0 Å². The zero-order valence-corrected chi connectivity index (χ0v) is 11.6. The summed E-state index contributed by atoms with van der Waals surface area (Å²) in [7, 11) is 0. The van der Waals surface area contributed by atoms with Gasteiger partial charge in [0.25, 0.3) is 0 Å². The van der Waals surface area contributed by atoms with Crippen LogP contribution in [0, 0.1) is 29.1 Å². The van der Waals surface area contributed by atoms with Crippen molar-refractivity contribution in [1.29, 1.82) is 0 Å². The third kappa shape index (κ3) is 3.50. The summed E-state index contributed by atoms with van der Waals surface area (Å²) < 4.78 is 0. The van der Waals surface area contributed by atoms with Crippen LogP contribution in [0.25, 0.3) is 0 Å². The summed E-state index contributed by atoms with van der Waals surface area (Å²) in [6.07, 6.45) is 5.90. The van der Waals surface area contributed by atoms with Gasteiger partial charge in [0.15, 0.2) is 0 Å². The van der Waals surface area contributed by atoms with Gasteiger partial charge in [-0.2, -0.15) is 0 Å². The van der Waals surface area contributed by atoms with Crippen LogP contribution in [0.4, 0.5) is 0 Å². The molecule has 1 aliphatic carbocycles. The van der Waals surface area contributed by atoms with E-state index in [1.807, 2.05) is 0 Å². The highest BCUT2D eigenvalue weighted by molar-refractivity contribution is 4.82. The molecule has 0 aliphatic heterocycles. The van der Waals surface area contributed by atoms with E-state index < -0.39 is 0 Å². The Hall–Kier alpha value is 0. The summed E-state index contributed by atoms with van der Waals surface area (Å²) in [5, 5.41) is 0. The molecule has 1 aliphatic rings. The molecule has 0 saturated heterocycles. The average molecular weight is 210 g/mol. The van der Waals surface area contributed by atoms with Crippen molar-refractivity contribution in [3.8, 4) is 0 Å². The highest BCUT2D eigenvalue weighted by atomic mass is 14.4. The molecule has 0 aromatic carbocycles. The number of hydrogen-bond donors (Lipinski definition) is 0. The van der Waals surface area contributed by atoms with Gasteiger partial charge < -0.3 is 0 Å². The molecule has 1 rings (SSSR count). The molecular weight excluding hydrogens is 180 g/mol. The molecule has 0 amide bonds. The van der Waals surface area contributed by atoms with Crippen molar-refractivity contribution >= 4 is 0 Å². The first-order valence-electron chi connectivity index (χ1n) is 6.82. The summed E-state index contributed by atoms with van der Waals surface area (Å²) in [6, 6.07) is 0. The van der Waals surface area contributed by atoms with Gasteiger partial charge in [0, 0.05) is 0 Å². The van der Waals surface area contributed by atoms with E-state index in [0.717, 1.165) is 23.7 Å². The van der Waals surface area contributed by atoms with Gasteiger partial charge in [0.05, 0.1) is 0 Å². The minimum Gasteiger partial charge on any atom is -0.0625 e. The summed E-state index contributed by atoms with van der Waals surface area (Å²) in [5.41, 5.74) is 0.495. The van der Waals surface area contributed by atoms with Crippen LogP contribution in [0.1, 0.15) is 67.2 Å². The van der Waals surface area contributed by atoms with Crippen LogP contribution in [0.5, 0.6) is 0 Å². The van der Waals surface area contributed by atoms with E-state index in [1.165, 1.54) is 25.7 Å². The van der Waals surface area contributed by atoms with Gasteiger partial charge >= 0.3 is 0 Å². The fourth-order valence-corrected chi connectivity index (χ4v) is 3.02. The van der Waals surface area contributed by atoms with Crippen LogP contribution in [-0.4, -0.2) is 0 Å². The van der Waals surface area contributed by atoms with Gasteiger partial charge in [-0.25, -0.2) is 0 Å². The minimum absolute atomic E-state index is 0.495. The van der Waals surface area contributed by atoms with Gasteiger partial charge in [-0.05, 0) is 54.8 Å². The van der Waals surface area contributed by atoms with E-state index in [4.69, 9.17) is 0 Å². The smallest absolute Gasteiger partial charge is 0.0354 e. The summed E-state index contributed by atoms with van der Waals surface area (Å²) in [4.78, 5) is 0. The molecule has 1 saturated carbocycles. The van der Waals surface area contributed by atoms with Crippen molar-refractivity contribution in [3.63, 3.8) is 0 Å². The molecule has 0 heterocycles. The summed E-state index contributed by atoms with van der Waals surface area (Å²) in [5.74, 6) is 3.77. The molecule has 0 bridgehead atoms. The van der Waals surface area contributed by atoms with Crippen molar-refractivity contribution in [1.82, 2.24) is 0 Å². The standard InChI is InChI=1S/C15H30/c1-11(2)13-7-9-14(10-8-13)12(3)15(4,5)6/h11-14H,7-10H2,1-6H3. The Kier molecular flexibility index (Phi) is 4.26. The Balaban J connectivity index is 2.44. The highest BCUT2D eigenvalue weighted by Gasteiger charge is 2.32. The molecule has 0 radical (unpaired) electrons. The van der Waals surface area contributed by atoms with E-state index in [2.05, 4.69) is 41.5 Å². The van der Waals surface area contributed by atoms with Crippen LogP contribution in [0.3, 0.4) is 0 Å². The first kappa shape index (κ1) is 13.1. The lowest BCUT2D eigenvalue weighted by Crippen LogP contribution is -2.29. The average Bonchev–Trinajstić information content (AvgIpc) is 2.15. The molecule has 0 nitrogen and oxygen atoms in total. The van der Waals surface area contributed by atoms with Crippen molar-refractivity contribution < 1.29 is 0 Å². The lowest BCUT2D eigenvalue weighted by Gasteiger charge is -2.39. The Morgan fingerprint density at radius 2 is 1.20 bits per heavy atom. The quantitative estimate of drug-likeness (QED) is 0.592. The van der Waals surface area contributed by atoms with Crippen molar-refractivity contribution in [2.75, 3.05) is 0 Å². The molecule has 1 unspecified atom stereocenters. The second-order valence-electron chi connectivity index (χ2n) is 7.07. The molecular formula is C15H30. The molecule has 0 aromatic heterocycles. The molecule has 0 N–H and O–H groups in total. The van der Waals surface area contributed by atoms with Gasteiger partial charge in [0.1, 0.15) is 0 Å². The maximum Gasteiger partial charge on any atom is -0.0354 e. The monoisotopic (exact) mass is 210 g/mol. The van der Waals surface area contributed by atoms with Crippen LogP contribution < -0.4 is 0 Å². The van der Waals surface area contributed by atoms with E-state index >= 15 is 0 Å². The SMILES string of the molecule is CC(C)C1CCC(C(C)C(C)(C)C)CC1. The van der Waals surface area contributed by atoms with Crippen LogP contribution >= 0.6 is 0 Å². The van der Waals surface area contributed by atoms with Gasteiger partial charge in [-0.3, -0.25) is 0 Å². The Morgan fingerprint density at radius 1 is 0.800 bits per heavy atom. The molecule has 0 heteroatoms. The van der Waals surface area contributed by atoms with Gasteiger partial charge in [-0.1, -0.05) is 41.5 Å². The molecule has 90 valence electrons. The van der Waals surface area contributed by atoms with E-state index in [1.54, 1.807) is 0 Å². The zero-order chi connectivity index (χ0) is 11.6. The summed E-state index contributed by atoms with van der Waals surface area (Å²) in [6.45, 7) is 14.4. The Bertz CT molecular complexity index is 177. The Morgan fingerprint density at radius 3 is 1.53 bits per heavy atom. The van der Waals surface area contributed by atoms with Gasteiger partial charge in [0.2, 0.25) is 0 Å². The van der Waals surface area contributed by atoms with E-state index in [-0.39, 0.29) is 0 Å². The predicted octanol–water partition coefficient (Wildman–Crippen LogP) is 5.13. The molecule has 1 fully saturated rings. The normalized spacial score (nSPS) is 30.6. The lowest BCUT2D eigenvalue weighted by molar-refractivity contribution is 0.111. The summed E-state index contributed by atoms with van der Waals surface area (Å²) >= 11 is 0. The first-order chi connectivity index (χ1) is 6.82. The molecule has 0 spiro atoms. The number of hydrogen-bond acceptors (Lipinski definition) is 0. The maximum absolute atomic E-state index is 2.46. The van der Waals surface area contributed by atoms with E-state index in [9.17, 15) is 0 Å². The minimum atomic E-state index is 0.495. The molecule has 0 aromatic rings. The van der Waals surface area contributed by atoms with Crippen LogP contribution in [0.2, 0.25) is 0 Å². The molecule has 1 atom stereocenters. The first-order valence-corrected chi connectivity index (χ1v) is 6.82. The maximum atomic E-state index is 2.46. The second kappa shape index (κ2) is 4.89. The van der Waals surface area contributed by atoms with Crippen LogP contribution in [-0.2, 0) is 0 Å². The Labute approximate surface area is 96.8 Å². The van der Waals surface area contributed by atoms with Crippen molar-refractivity contribution in [2.45, 2.75) is 67.2 Å². The zero-order valence-electron chi connectivity index (χ0n) is 11.6. The topological polar surface area (TPSA) is 0 Å². The van der Waals surface area contributed by atoms with E-state index in [0.29, 0.717) is 5.41 Å². The van der Waals surface area contributed by atoms with Crippen molar-refractivity contribution in [2.24, 2.45) is 29.1 Å². The molecule has 15 heavy (non-hydrogen) atoms. The fraction of sp³-hybridized carbons (Fsp3) is 1.00. The fourth-order valence-electron chi connectivity index (χ4n) is 3.02. The highest BCUT2D eigenvalue weighted by Crippen LogP contribution is 2.42. The van der Waals surface area contributed by atoms with Crippen LogP contribution in [0.15, 0.2) is 0 Å². The third-order valence-corrected chi connectivity index (χ3v) is 4.83. The lowest BCUT2D eigenvalue weighted by atomic mass is 9.66. The third-order valence-electron chi connectivity index (χ3n) is 4.83.